The molecule has 2 heterocycles. The van der Waals surface area contributed by atoms with Crippen LogP contribution in [0.4, 0.5) is 0 Å². The van der Waals surface area contributed by atoms with E-state index in [0.29, 0.717) is 23.3 Å². The van der Waals surface area contributed by atoms with Crippen molar-refractivity contribution in [3.63, 3.8) is 0 Å². The van der Waals surface area contributed by atoms with E-state index < -0.39 is 11.5 Å². The van der Waals surface area contributed by atoms with Crippen LogP contribution in [0, 0.1) is 0 Å². The summed E-state index contributed by atoms with van der Waals surface area (Å²) < 4.78 is 16.0. The Morgan fingerprint density at radius 2 is 2.26 bits per heavy atom. The lowest BCUT2D eigenvalue weighted by molar-refractivity contribution is 0.0710. The summed E-state index contributed by atoms with van der Waals surface area (Å²) in [4.78, 5) is 24.5. The van der Waals surface area contributed by atoms with E-state index in [1.807, 2.05) is 6.92 Å². The summed E-state index contributed by atoms with van der Waals surface area (Å²) in [5.74, 6) is 0.00533. The molecule has 6 heteroatoms. The molecule has 6 nitrogen and oxygen atoms in total. The third-order valence-corrected chi connectivity index (χ3v) is 4.07. The molecule has 1 aromatic carbocycles. The molecule has 2 atom stereocenters. The Balaban J connectivity index is 1.88. The number of carbonyl (C=O) groups excluding carboxylic acids is 1. The Bertz CT molecular complexity index is 776. The van der Waals surface area contributed by atoms with E-state index in [4.69, 9.17) is 13.9 Å². The lowest BCUT2D eigenvalue weighted by atomic mass is 10.1. The van der Waals surface area contributed by atoms with E-state index in [0.717, 1.165) is 12.8 Å². The molecule has 122 valence electrons. The van der Waals surface area contributed by atoms with Crippen molar-refractivity contribution in [3.05, 3.63) is 40.2 Å². The van der Waals surface area contributed by atoms with Gasteiger partial charge in [0.1, 0.15) is 5.56 Å². The summed E-state index contributed by atoms with van der Waals surface area (Å²) in [5, 5.41) is 3.45. The minimum atomic E-state index is -0.681. The van der Waals surface area contributed by atoms with Crippen LogP contribution in [0.1, 0.15) is 30.1 Å². The zero-order valence-electron chi connectivity index (χ0n) is 13.1. The molecule has 0 radical (unpaired) electrons. The van der Waals surface area contributed by atoms with Crippen molar-refractivity contribution in [2.45, 2.75) is 31.9 Å². The summed E-state index contributed by atoms with van der Waals surface area (Å²) in [5.41, 5.74) is -0.363. The Morgan fingerprint density at radius 1 is 1.43 bits per heavy atom. The second-order valence-electron chi connectivity index (χ2n) is 5.64. The van der Waals surface area contributed by atoms with Gasteiger partial charge in [0.25, 0.3) is 5.91 Å². The molecule has 1 aromatic heterocycles. The highest BCUT2D eigenvalue weighted by molar-refractivity contribution is 5.97. The van der Waals surface area contributed by atoms with E-state index in [9.17, 15) is 9.59 Å². The Hall–Kier alpha value is -2.34. The molecular weight excluding hydrogens is 298 g/mol. The van der Waals surface area contributed by atoms with Crippen LogP contribution >= 0.6 is 0 Å². The van der Waals surface area contributed by atoms with Crippen molar-refractivity contribution in [1.82, 2.24) is 5.32 Å². The van der Waals surface area contributed by atoms with Gasteiger partial charge in [-0.15, -0.1) is 0 Å². The zero-order valence-corrected chi connectivity index (χ0v) is 13.1. The maximum atomic E-state index is 12.4. The topological polar surface area (TPSA) is 77.8 Å². The van der Waals surface area contributed by atoms with Gasteiger partial charge < -0.3 is 19.2 Å². The number of nitrogens with one attached hydrogen (secondary N) is 1. The second-order valence-corrected chi connectivity index (χ2v) is 5.64. The summed E-state index contributed by atoms with van der Waals surface area (Å²) in [6.45, 7) is 2.59. The first-order valence-electron chi connectivity index (χ1n) is 7.63. The number of benzene rings is 1. The quantitative estimate of drug-likeness (QED) is 0.874. The Labute approximate surface area is 133 Å². The molecule has 0 aliphatic carbocycles. The van der Waals surface area contributed by atoms with Crippen molar-refractivity contribution < 1.29 is 18.7 Å². The Kier molecular flexibility index (Phi) is 4.34. The summed E-state index contributed by atoms with van der Waals surface area (Å²) in [6.07, 6.45) is 1.89. The molecule has 1 aliphatic rings. The van der Waals surface area contributed by atoms with Crippen LogP contribution in [0.2, 0.25) is 0 Å². The number of para-hydroxylation sites is 1. The van der Waals surface area contributed by atoms with Gasteiger partial charge in [-0.1, -0.05) is 12.1 Å². The summed E-state index contributed by atoms with van der Waals surface area (Å²) >= 11 is 0. The molecule has 1 saturated heterocycles. The molecule has 1 N–H and O–H groups in total. The number of fused-ring (bicyclic) bond motifs is 1. The number of hydrogen-bond acceptors (Lipinski definition) is 5. The normalized spacial score (nSPS) is 18.8. The number of carbonyl (C=O) groups is 1. The van der Waals surface area contributed by atoms with Gasteiger partial charge in [-0.25, -0.2) is 4.79 Å². The molecule has 0 unspecified atom stereocenters. The second kappa shape index (κ2) is 6.42. The maximum Gasteiger partial charge on any atom is 0.349 e. The smallest absolute Gasteiger partial charge is 0.349 e. The summed E-state index contributed by atoms with van der Waals surface area (Å²) in [7, 11) is 1.50. The van der Waals surface area contributed by atoms with Gasteiger partial charge in [-0.3, -0.25) is 4.79 Å². The first-order valence-corrected chi connectivity index (χ1v) is 7.63. The lowest BCUT2D eigenvalue weighted by Gasteiger charge is -2.19. The molecule has 1 fully saturated rings. The van der Waals surface area contributed by atoms with E-state index in [1.165, 1.54) is 13.2 Å². The number of hydrogen-bond donors (Lipinski definition) is 1. The summed E-state index contributed by atoms with van der Waals surface area (Å²) in [6, 6.07) is 6.61. The molecule has 23 heavy (non-hydrogen) atoms. The van der Waals surface area contributed by atoms with Gasteiger partial charge in [0, 0.05) is 12.0 Å². The molecule has 3 rings (SSSR count). The van der Waals surface area contributed by atoms with Gasteiger partial charge >= 0.3 is 5.63 Å². The number of rotatable bonds is 4. The van der Waals surface area contributed by atoms with Gasteiger partial charge in [0.05, 0.1) is 19.3 Å². The van der Waals surface area contributed by atoms with Gasteiger partial charge in [0.2, 0.25) is 0 Å². The number of amides is 1. The van der Waals surface area contributed by atoms with Crippen LogP contribution in [0.5, 0.6) is 5.75 Å². The average Bonchev–Trinajstić information content (AvgIpc) is 3.08. The average molecular weight is 317 g/mol. The number of ether oxygens (including phenoxy) is 2. The molecular formula is C17H19NO5. The van der Waals surface area contributed by atoms with Crippen molar-refractivity contribution in [2.75, 3.05) is 13.7 Å². The number of methoxy groups -OCH3 is 1. The predicted octanol–water partition coefficient (Wildman–Crippen LogP) is 2.10. The van der Waals surface area contributed by atoms with Crippen LogP contribution in [0.25, 0.3) is 11.0 Å². The molecule has 1 amide bonds. The monoisotopic (exact) mass is 317 g/mol. The third kappa shape index (κ3) is 3.07. The predicted molar refractivity (Wildman–Crippen MR) is 84.9 cm³/mol. The minimum Gasteiger partial charge on any atom is -0.493 e. The van der Waals surface area contributed by atoms with Gasteiger partial charge in [-0.05, 0) is 31.9 Å². The largest absolute Gasteiger partial charge is 0.493 e. The van der Waals surface area contributed by atoms with Gasteiger partial charge in [0.15, 0.2) is 11.3 Å². The molecule has 1 aliphatic heterocycles. The van der Waals surface area contributed by atoms with Crippen molar-refractivity contribution in [3.8, 4) is 5.75 Å². The highest BCUT2D eigenvalue weighted by Crippen LogP contribution is 2.24. The molecule has 0 bridgehead atoms. The molecule has 2 aromatic rings. The molecule has 0 spiro atoms. The lowest BCUT2D eigenvalue weighted by Crippen LogP contribution is -2.42. The minimum absolute atomic E-state index is 0.00783. The van der Waals surface area contributed by atoms with E-state index in [-0.39, 0.29) is 17.7 Å². The van der Waals surface area contributed by atoms with E-state index in [1.54, 1.807) is 18.2 Å². The van der Waals surface area contributed by atoms with Gasteiger partial charge in [-0.2, -0.15) is 0 Å². The van der Waals surface area contributed by atoms with Crippen LogP contribution in [0.3, 0.4) is 0 Å². The van der Waals surface area contributed by atoms with E-state index in [2.05, 4.69) is 5.32 Å². The fourth-order valence-corrected chi connectivity index (χ4v) is 2.81. The van der Waals surface area contributed by atoms with E-state index >= 15 is 0 Å². The van der Waals surface area contributed by atoms with Crippen LogP contribution in [0.15, 0.2) is 33.5 Å². The first-order chi connectivity index (χ1) is 11.1. The highest BCUT2D eigenvalue weighted by atomic mass is 16.5. The van der Waals surface area contributed by atoms with Crippen LogP contribution in [-0.4, -0.2) is 31.8 Å². The van der Waals surface area contributed by atoms with Crippen LogP contribution in [-0.2, 0) is 4.74 Å². The van der Waals surface area contributed by atoms with Crippen LogP contribution < -0.4 is 15.7 Å². The maximum absolute atomic E-state index is 12.4. The Morgan fingerprint density at radius 3 is 2.96 bits per heavy atom. The first kappa shape index (κ1) is 15.6. The van der Waals surface area contributed by atoms with Crippen molar-refractivity contribution >= 4 is 16.9 Å². The van der Waals surface area contributed by atoms with Crippen molar-refractivity contribution in [2.24, 2.45) is 0 Å². The standard InChI is InChI=1S/C17H19NO5/c1-10(13-7-4-8-22-13)18-16(19)12-9-11-5-3-6-14(21-2)15(11)23-17(12)20/h3,5-6,9-10,13H,4,7-8H2,1-2H3,(H,18,19)/t10-,13-/m0/s1. The fourth-order valence-electron chi connectivity index (χ4n) is 2.81. The third-order valence-electron chi connectivity index (χ3n) is 4.07. The van der Waals surface area contributed by atoms with Crippen molar-refractivity contribution in [1.29, 1.82) is 0 Å². The SMILES string of the molecule is COc1cccc2cc(C(=O)N[C@@H](C)[C@@H]3CCCO3)c(=O)oc12. The molecule has 0 saturated carbocycles. The zero-order chi connectivity index (χ0) is 16.4. The fraction of sp³-hybridized carbons (Fsp3) is 0.412. The highest BCUT2D eigenvalue weighted by Gasteiger charge is 2.25.